The molecule has 17 heavy (non-hydrogen) atoms. The first-order valence-corrected chi connectivity index (χ1v) is 6.47. The molecule has 1 aromatic heterocycles. The lowest BCUT2D eigenvalue weighted by Crippen LogP contribution is -2.23. The van der Waals surface area contributed by atoms with Crippen molar-refractivity contribution < 1.29 is 0 Å². The van der Waals surface area contributed by atoms with Gasteiger partial charge in [-0.2, -0.15) is 15.0 Å². The first-order valence-electron chi connectivity index (χ1n) is 6.09. The minimum absolute atomic E-state index is 0.160. The zero-order valence-corrected chi connectivity index (χ0v) is 10.7. The van der Waals surface area contributed by atoms with Gasteiger partial charge in [0.15, 0.2) is 0 Å². The van der Waals surface area contributed by atoms with E-state index in [1.165, 1.54) is 12.8 Å². The molecule has 92 valence electrons. The molecule has 3 rings (SSSR count). The summed E-state index contributed by atoms with van der Waals surface area (Å²) >= 11 is 5.95. The molecule has 1 N–H and O–H groups in total. The maximum absolute atomic E-state index is 5.95. The number of rotatable bonds is 3. The van der Waals surface area contributed by atoms with E-state index in [0.29, 0.717) is 11.9 Å². The maximum Gasteiger partial charge on any atom is 0.231 e. The van der Waals surface area contributed by atoms with Gasteiger partial charge < -0.3 is 10.2 Å². The van der Waals surface area contributed by atoms with Gasteiger partial charge in [0.2, 0.25) is 17.2 Å². The number of nitrogens with one attached hydrogen (secondary N) is 1. The van der Waals surface area contributed by atoms with E-state index in [-0.39, 0.29) is 10.8 Å². The highest BCUT2D eigenvalue weighted by Gasteiger charge is 2.38. The Morgan fingerprint density at radius 2 is 1.88 bits per heavy atom. The van der Waals surface area contributed by atoms with Crippen molar-refractivity contribution in [2.75, 3.05) is 23.3 Å². The Balaban J connectivity index is 1.83. The molecule has 0 bridgehead atoms. The molecule has 0 aromatic carbocycles. The van der Waals surface area contributed by atoms with Crippen LogP contribution in [0.2, 0.25) is 5.28 Å². The number of nitrogens with zero attached hydrogens (tertiary/aromatic N) is 4. The molecule has 2 fully saturated rings. The van der Waals surface area contributed by atoms with Gasteiger partial charge in [0.1, 0.15) is 0 Å². The molecule has 1 aliphatic carbocycles. The highest BCUT2D eigenvalue weighted by Crippen LogP contribution is 2.37. The van der Waals surface area contributed by atoms with E-state index in [9.17, 15) is 0 Å². The third kappa shape index (κ3) is 2.44. The van der Waals surface area contributed by atoms with Gasteiger partial charge >= 0.3 is 0 Å². The molecule has 1 aromatic rings. The van der Waals surface area contributed by atoms with E-state index in [4.69, 9.17) is 11.6 Å². The highest BCUT2D eigenvalue weighted by atomic mass is 35.5. The highest BCUT2D eigenvalue weighted by molar-refractivity contribution is 6.28. The Morgan fingerprint density at radius 3 is 2.53 bits per heavy atom. The molecule has 2 aliphatic rings. The number of aromatic nitrogens is 3. The minimum Gasteiger partial charge on any atom is -0.349 e. The lowest BCUT2D eigenvalue weighted by atomic mass is 10.3. The van der Waals surface area contributed by atoms with Crippen LogP contribution in [0.5, 0.6) is 0 Å². The van der Waals surface area contributed by atoms with Gasteiger partial charge in [0, 0.05) is 18.6 Å². The molecular weight excluding hydrogens is 238 g/mol. The van der Waals surface area contributed by atoms with Gasteiger partial charge in [-0.25, -0.2) is 0 Å². The summed E-state index contributed by atoms with van der Waals surface area (Å²) in [4.78, 5) is 14.9. The fraction of sp³-hybridized carbons (Fsp3) is 0.727. The van der Waals surface area contributed by atoms with Crippen LogP contribution in [0.4, 0.5) is 11.9 Å². The van der Waals surface area contributed by atoms with Crippen molar-refractivity contribution in [2.45, 2.75) is 38.1 Å². The molecular formula is C11H16ClN5. The topological polar surface area (TPSA) is 53.9 Å². The quantitative estimate of drug-likeness (QED) is 0.894. The predicted octanol–water partition coefficient (Wildman–Crippen LogP) is 2.09. The summed E-state index contributed by atoms with van der Waals surface area (Å²) in [5, 5.41) is 3.60. The van der Waals surface area contributed by atoms with Crippen molar-refractivity contribution in [3.05, 3.63) is 5.28 Å². The second-order valence-electron chi connectivity index (χ2n) is 5.11. The van der Waals surface area contributed by atoms with Gasteiger partial charge in [-0.15, -0.1) is 0 Å². The van der Waals surface area contributed by atoms with Gasteiger partial charge in [-0.1, -0.05) is 0 Å². The minimum atomic E-state index is 0.160. The van der Waals surface area contributed by atoms with Crippen molar-refractivity contribution in [1.29, 1.82) is 0 Å². The normalized spacial score (nSPS) is 21.6. The Kier molecular flexibility index (Phi) is 2.58. The summed E-state index contributed by atoms with van der Waals surface area (Å²) in [6.45, 7) is 4.19. The van der Waals surface area contributed by atoms with E-state index in [1.54, 1.807) is 0 Å². The van der Waals surface area contributed by atoms with Gasteiger partial charge in [-0.3, -0.25) is 0 Å². The Morgan fingerprint density at radius 1 is 1.18 bits per heavy atom. The van der Waals surface area contributed by atoms with Crippen LogP contribution in [-0.2, 0) is 0 Å². The zero-order valence-electron chi connectivity index (χ0n) is 9.91. The molecule has 0 atom stereocenters. The molecule has 6 heteroatoms. The van der Waals surface area contributed by atoms with E-state index in [0.717, 1.165) is 25.9 Å². The largest absolute Gasteiger partial charge is 0.349 e. The fourth-order valence-electron chi connectivity index (χ4n) is 2.04. The second-order valence-corrected chi connectivity index (χ2v) is 5.45. The monoisotopic (exact) mass is 253 g/mol. The van der Waals surface area contributed by atoms with E-state index in [1.807, 2.05) is 0 Å². The lowest BCUT2D eigenvalue weighted by Gasteiger charge is -2.17. The van der Waals surface area contributed by atoms with Crippen LogP contribution < -0.4 is 10.2 Å². The van der Waals surface area contributed by atoms with Crippen LogP contribution >= 0.6 is 11.6 Å². The van der Waals surface area contributed by atoms with Crippen LogP contribution in [0.3, 0.4) is 0 Å². The number of anilines is 2. The summed E-state index contributed by atoms with van der Waals surface area (Å²) in [5.41, 5.74) is 0.160. The Hall–Kier alpha value is -1.10. The lowest BCUT2D eigenvalue weighted by molar-refractivity contribution is 0.797. The molecule has 1 aliphatic heterocycles. The molecule has 1 saturated heterocycles. The Labute approximate surface area is 106 Å². The van der Waals surface area contributed by atoms with Crippen LogP contribution in [0, 0.1) is 0 Å². The van der Waals surface area contributed by atoms with E-state index < -0.39 is 0 Å². The molecule has 5 nitrogen and oxygen atoms in total. The zero-order chi connectivity index (χ0) is 11.9. The van der Waals surface area contributed by atoms with Crippen molar-refractivity contribution in [1.82, 2.24) is 15.0 Å². The summed E-state index contributed by atoms with van der Waals surface area (Å²) in [7, 11) is 0. The summed E-state index contributed by atoms with van der Waals surface area (Å²) in [5.74, 6) is 1.31. The third-order valence-electron chi connectivity index (χ3n) is 3.40. The third-order valence-corrected chi connectivity index (χ3v) is 3.57. The molecule has 0 amide bonds. The fourth-order valence-corrected chi connectivity index (χ4v) is 2.19. The van der Waals surface area contributed by atoms with Crippen LogP contribution in [-0.4, -0.2) is 33.6 Å². The van der Waals surface area contributed by atoms with Crippen LogP contribution in [0.1, 0.15) is 32.6 Å². The van der Waals surface area contributed by atoms with E-state index >= 15 is 0 Å². The van der Waals surface area contributed by atoms with Crippen molar-refractivity contribution in [3.8, 4) is 0 Å². The van der Waals surface area contributed by atoms with Crippen molar-refractivity contribution in [2.24, 2.45) is 0 Å². The second kappa shape index (κ2) is 3.98. The van der Waals surface area contributed by atoms with Crippen molar-refractivity contribution in [3.63, 3.8) is 0 Å². The summed E-state index contributed by atoms with van der Waals surface area (Å²) in [6.07, 6.45) is 4.72. The standard InChI is InChI=1S/C11H16ClN5/c1-11(4-5-11)16-9-13-8(12)14-10(15-9)17-6-2-3-7-17/h2-7H2,1H3,(H,13,14,15,16). The first-order chi connectivity index (χ1) is 8.15. The Bertz CT molecular complexity index is 426. The SMILES string of the molecule is CC1(Nc2nc(Cl)nc(N3CCCC3)n2)CC1. The average Bonchev–Trinajstić information content (AvgIpc) is 2.83. The molecule has 0 spiro atoms. The van der Waals surface area contributed by atoms with E-state index in [2.05, 4.69) is 32.1 Å². The van der Waals surface area contributed by atoms with Crippen molar-refractivity contribution >= 4 is 23.5 Å². The van der Waals surface area contributed by atoms with Gasteiger partial charge in [0.05, 0.1) is 0 Å². The predicted molar refractivity (Wildman–Crippen MR) is 67.5 cm³/mol. The number of hydrogen-bond donors (Lipinski definition) is 1. The smallest absolute Gasteiger partial charge is 0.231 e. The number of halogens is 1. The van der Waals surface area contributed by atoms with Gasteiger partial charge in [-0.05, 0) is 44.2 Å². The molecule has 0 radical (unpaired) electrons. The summed E-state index contributed by atoms with van der Waals surface area (Å²) in [6, 6.07) is 0. The van der Waals surface area contributed by atoms with Gasteiger partial charge in [0.25, 0.3) is 0 Å². The molecule has 2 heterocycles. The first kappa shape index (κ1) is 11.0. The molecule has 0 unspecified atom stereocenters. The number of hydrogen-bond acceptors (Lipinski definition) is 5. The van der Waals surface area contributed by atoms with Crippen LogP contribution in [0.15, 0.2) is 0 Å². The average molecular weight is 254 g/mol. The van der Waals surface area contributed by atoms with Crippen LogP contribution in [0.25, 0.3) is 0 Å². The maximum atomic E-state index is 5.95. The summed E-state index contributed by atoms with van der Waals surface area (Å²) < 4.78 is 0. The molecule has 1 saturated carbocycles.